The lowest BCUT2D eigenvalue weighted by Gasteiger charge is -2.33. The standard InChI is InChI=1S/C24H28IN3O2/c1-16(2)15-28-11-9-17(10-12-28)20-14-26-22-8-7-18(13-19(20)22)27-24(29)30-23-6-4-3-5-21(23)25/h3-8,13-14,16-17,26H,9-12,15H2,1-2H3,(H,27,29). The third-order valence-corrected chi connectivity index (χ3v) is 6.54. The first-order valence-electron chi connectivity index (χ1n) is 10.6. The molecular weight excluding hydrogens is 489 g/mol. The number of amides is 1. The van der Waals surface area contributed by atoms with Crippen LogP contribution in [-0.4, -0.2) is 35.6 Å². The minimum atomic E-state index is -0.474. The number of aromatic nitrogens is 1. The number of halogens is 1. The molecule has 2 heterocycles. The Labute approximate surface area is 191 Å². The van der Waals surface area contributed by atoms with Crippen LogP contribution < -0.4 is 10.1 Å². The molecule has 1 aliphatic rings. The molecule has 4 rings (SSSR count). The van der Waals surface area contributed by atoms with Crippen molar-refractivity contribution >= 4 is 45.3 Å². The zero-order chi connectivity index (χ0) is 21.1. The van der Waals surface area contributed by atoms with Crippen molar-refractivity contribution < 1.29 is 9.53 Å². The molecule has 0 aliphatic carbocycles. The third-order valence-electron chi connectivity index (χ3n) is 5.65. The van der Waals surface area contributed by atoms with Crippen molar-refractivity contribution in [3.8, 4) is 5.75 Å². The summed E-state index contributed by atoms with van der Waals surface area (Å²) in [6.45, 7) is 8.04. The first-order valence-corrected chi connectivity index (χ1v) is 11.6. The molecule has 0 saturated carbocycles. The number of likely N-dealkylation sites (tertiary alicyclic amines) is 1. The summed E-state index contributed by atoms with van der Waals surface area (Å²) in [5, 5.41) is 4.06. The molecule has 2 aromatic carbocycles. The summed E-state index contributed by atoms with van der Waals surface area (Å²) in [5.74, 6) is 1.82. The highest BCUT2D eigenvalue weighted by molar-refractivity contribution is 14.1. The van der Waals surface area contributed by atoms with E-state index in [0.717, 1.165) is 27.9 Å². The zero-order valence-electron chi connectivity index (χ0n) is 17.5. The van der Waals surface area contributed by atoms with Crippen LogP contribution in [-0.2, 0) is 0 Å². The third kappa shape index (κ3) is 4.98. The van der Waals surface area contributed by atoms with Crippen LogP contribution in [0.25, 0.3) is 10.9 Å². The van der Waals surface area contributed by atoms with Gasteiger partial charge in [-0.1, -0.05) is 26.0 Å². The number of H-pyrrole nitrogens is 1. The number of fused-ring (bicyclic) bond motifs is 1. The molecule has 0 unspecified atom stereocenters. The van der Waals surface area contributed by atoms with Crippen LogP contribution in [0.4, 0.5) is 10.5 Å². The molecule has 0 radical (unpaired) electrons. The van der Waals surface area contributed by atoms with Gasteiger partial charge >= 0.3 is 6.09 Å². The van der Waals surface area contributed by atoms with Crippen LogP contribution >= 0.6 is 22.6 Å². The second-order valence-corrected chi connectivity index (χ2v) is 9.58. The Hall–Kier alpha value is -2.06. The lowest BCUT2D eigenvalue weighted by Crippen LogP contribution is -2.35. The zero-order valence-corrected chi connectivity index (χ0v) is 19.6. The van der Waals surface area contributed by atoms with Gasteiger partial charge in [-0.3, -0.25) is 5.32 Å². The number of para-hydroxylation sites is 1. The van der Waals surface area contributed by atoms with E-state index < -0.39 is 6.09 Å². The van der Waals surface area contributed by atoms with Gasteiger partial charge in [0.15, 0.2) is 0 Å². The van der Waals surface area contributed by atoms with Crippen molar-refractivity contribution in [2.45, 2.75) is 32.6 Å². The van der Waals surface area contributed by atoms with E-state index in [9.17, 15) is 4.79 Å². The molecule has 0 bridgehead atoms. The highest BCUT2D eigenvalue weighted by atomic mass is 127. The van der Waals surface area contributed by atoms with Gasteiger partial charge in [-0.15, -0.1) is 0 Å². The highest BCUT2D eigenvalue weighted by Crippen LogP contribution is 2.34. The Morgan fingerprint density at radius 2 is 2.00 bits per heavy atom. The number of anilines is 1. The van der Waals surface area contributed by atoms with Gasteiger partial charge in [0, 0.05) is 29.3 Å². The average molecular weight is 517 g/mol. The summed E-state index contributed by atoms with van der Waals surface area (Å²) < 4.78 is 6.36. The number of hydrogen-bond donors (Lipinski definition) is 2. The van der Waals surface area contributed by atoms with Crippen molar-refractivity contribution in [2.24, 2.45) is 5.92 Å². The van der Waals surface area contributed by atoms with Crippen LogP contribution in [0.15, 0.2) is 48.7 Å². The first-order chi connectivity index (χ1) is 14.5. The van der Waals surface area contributed by atoms with Crippen LogP contribution in [0.3, 0.4) is 0 Å². The molecule has 2 N–H and O–H groups in total. The molecule has 1 amide bonds. The van der Waals surface area contributed by atoms with Gasteiger partial charge in [0.1, 0.15) is 5.75 Å². The normalized spacial score (nSPS) is 15.6. The van der Waals surface area contributed by atoms with E-state index in [1.165, 1.54) is 30.3 Å². The molecule has 1 saturated heterocycles. The number of nitrogens with zero attached hydrogens (tertiary/aromatic N) is 1. The maximum Gasteiger partial charge on any atom is 0.417 e. The van der Waals surface area contributed by atoms with Gasteiger partial charge in [0.25, 0.3) is 0 Å². The Balaban J connectivity index is 1.45. The van der Waals surface area contributed by atoms with Gasteiger partial charge in [-0.05, 0) is 96.3 Å². The van der Waals surface area contributed by atoms with Gasteiger partial charge in [-0.2, -0.15) is 0 Å². The number of carbonyl (C=O) groups excluding carboxylic acids is 1. The second-order valence-electron chi connectivity index (χ2n) is 8.42. The summed E-state index contributed by atoms with van der Waals surface area (Å²) in [5.41, 5.74) is 3.20. The van der Waals surface area contributed by atoms with E-state index in [1.54, 1.807) is 6.07 Å². The van der Waals surface area contributed by atoms with Crippen LogP contribution in [0, 0.1) is 9.49 Å². The lowest BCUT2D eigenvalue weighted by atomic mass is 9.89. The Morgan fingerprint density at radius 3 is 2.73 bits per heavy atom. The molecular formula is C24H28IN3O2. The van der Waals surface area contributed by atoms with E-state index in [2.05, 4.69) is 63.9 Å². The summed E-state index contributed by atoms with van der Waals surface area (Å²) >= 11 is 2.16. The Kier molecular flexibility index (Phi) is 6.63. The average Bonchev–Trinajstić information content (AvgIpc) is 3.13. The maximum absolute atomic E-state index is 12.4. The molecule has 1 aliphatic heterocycles. The topological polar surface area (TPSA) is 57.4 Å². The maximum atomic E-state index is 12.4. The summed E-state index contributed by atoms with van der Waals surface area (Å²) in [7, 11) is 0. The molecule has 6 heteroatoms. The fourth-order valence-electron chi connectivity index (χ4n) is 4.27. The summed E-state index contributed by atoms with van der Waals surface area (Å²) in [6.07, 6.45) is 4.01. The lowest BCUT2D eigenvalue weighted by molar-refractivity contribution is 0.192. The van der Waals surface area contributed by atoms with Gasteiger partial charge in [0.05, 0.1) is 3.57 Å². The molecule has 1 aromatic heterocycles. The molecule has 0 spiro atoms. The number of aromatic amines is 1. The minimum Gasteiger partial charge on any atom is -0.409 e. The van der Waals surface area contributed by atoms with E-state index in [0.29, 0.717) is 17.6 Å². The van der Waals surface area contributed by atoms with Crippen molar-refractivity contribution in [3.63, 3.8) is 0 Å². The number of piperidine rings is 1. The SMILES string of the molecule is CC(C)CN1CCC(c2c[nH]c3ccc(NC(=O)Oc4ccccc4I)cc23)CC1. The van der Waals surface area contributed by atoms with E-state index in [4.69, 9.17) is 4.74 Å². The van der Waals surface area contributed by atoms with Crippen molar-refractivity contribution in [1.29, 1.82) is 0 Å². The van der Waals surface area contributed by atoms with Gasteiger partial charge < -0.3 is 14.6 Å². The predicted octanol–water partition coefficient (Wildman–Crippen LogP) is 6.22. The monoisotopic (exact) mass is 517 g/mol. The molecule has 3 aromatic rings. The minimum absolute atomic E-state index is 0.474. The fourth-order valence-corrected chi connectivity index (χ4v) is 4.77. The van der Waals surface area contributed by atoms with E-state index >= 15 is 0 Å². The number of carbonyl (C=O) groups is 1. The van der Waals surface area contributed by atoms with E-state index in [-0.39, 0.29) is 0 Å². The Bertz CT molecular complexity index is 1020. The number of ether oxygens (including phenoxy) is 1. The highest BCUT2D eigenvalue weighted by Gasteiger charge is 2.23. The Morgan fingerprint density at radius 1 is 1.23 bits per heavy atom. The van der Waals surface area contributed by atoms with Gasteiger partial charge in [-0.25, -0.2) is 4.79 Å². The van der Waals surface area contributed by atoms with Gasteiger partial charge in [0.2, 0.25) is 0 Å². The number of rotatable bonds is 5. The van der Waals surface area contributed by atoms with Crippen LogP contribution in [0.2, 0.25) is 0 Å². The largest absolute Gasteiger partial charge is 0.417 e. The molecule has 0 atom stereocenters. The van der Waals surface area contributed by atoms with Crippen LogP contribution in [0.5, 0.6) is 5.75 Å². The molecule has 1 fully saturated rings. The van der Waals surface area contributed by atoms with Crippen molar-refractivity contribution in [1.82, 2.24) is 9.88 Å². The van der Waals surface area contributed by atoms with Crippen LogP contribution in [0.1, 0.15) is 38.2 Å². The number of hydrogen-bond acceptors (Lipinski definition) is 3. The number of benzene rings is 2. The second kappa shape index (κ2) is 9.39. The summed E-state index contributed by atoms with van der Waals surface area (Å²) in [6, 6.07) is 13.5. The fraction of sp³-hybridized carbons (Fsp3) is 0.375. The van der Waals surface area contributed by atoms with Crippen molar-refractivity contribution in [3.05, 3.63) is 57.8 Å². The van der Waals surface area contributed by atoms with Crippen molar-refractivity contribution in [2.75, 3.05) is 25.0 Å². The quantitative estimate of drug-likeness (QED) is 0.396. The molecule has 5 nitrogen and oxygen atoms in total. The molecule has 158 valence electrons. The first kappa shape index (κ1) is 21.2. The predicted molar refractivity (Wildman–Crippen MR) is 130 cm³/mol. The molecule has 30 heavy (non-hydrogen) atoms. The number of nitrogens with one attached hydrogen (secondary N) is 2. The summed E-state index contributed by atoms with van der Waals surface area (Å²) in [4.78, 5) is 18.3. The smallest absolute Gasteiger partial charge is 0.409 e. The van der Waals surface area contributed by atoms with E-state index in [1.807, 2.05) is 30.3 Å².